The van der Waals surface area contributed by atoms with Crippen molar-refractivity contribution in [3.8, 4) is 0 Å². The van der Waals surface area contributed by atoms with Crippen LogP contribution in [0.4, 0.5) is 0 Å². The van der Waals surface area contributed by atoms with Crippen LogP contribution in [0.3, 0.4) is 0 Å². The molecule has 0 aromatic heterocycles. The summed E-state index contributed by atoms with van der Waals surface area (Å²) in [6.07, 6.45) is 2.41. The molecule has 2 rings (SSSR count). The van der Waals surface area contributed by atoms with Crippen LogP contribution in [0.5, 0.6) is 0 Å². The standard InChI is InChI=1S/C11H14O/c1-2-4-9-5-3-6-10-7-12-8-11(9)10/h3,5-6H,2,4,7-8H2,1H3. The van der Waals surface area contributed by atoms with Gasteiger partial charge < -0.3 is 4.74 Å². The maximum atomic E-state index is 5.40. The molecule has 12 heavy (non-hydrogen) atoms. The van der Waals surface area contributed by atoms with E-state index in [-0.39, 0.29) is 0 Å². The third kappa shape index (κ3) is 1.25. The summed E-state index contributed by atoms with van der Waals surface area (Å²) in [5.74, 6) is 0. The number of ether oxygens (including phenoxy) is 1. The summed E-state index contributed by atoms with van der Waals surface area (Å²) in [4.78, 5) is 0. The zero-order valence-corrected chi connectivity index (χ0v) is 7.47. The van der Waals surface area contributed by atoms with Gasteiger partial charge in [0.1, 0.15) is 0 Å². The molecule has 1 aromatic rings. The lowest BCUT2D eigenvalue weighted by atomic mass is 10.0. The third-order valence-corrected chi connectivity index (χ3v) is 2.39. The van der Waals surface area contributed by atoms with E-state index in [1.165, 1.54) is 29.5 Å². The van der Waals surface area contributed by atoms with E-state index < -0.39 is 0 Å². The first-order chi connectivity index (χ1) is 5.92. The lowest BCUT2D eigenvalue weighted by Gasteiger charge is -2.04. The Kier molecular flexibility index (Phi) is 2.13. The molecule has 0 saturated heterocycles. The van der Waals surface area contributed by atoms with Crippen LogP contribution in [-0.4, -0.2) is 0 Å². The molecular weight excluding hydrogens is 148 g/mol. The Morgan fingerprint density at radius 3 is 3.08 bits per heavy atom. The molecule has 0 aliphatic carbocycles. The highest BCUT2D eigenvalue weighted by Crippen LogP contribution is 2.23. The zero-order chi connectivity index (χ0) is 8.39. The number of benzene rings is 1. The van der Waals surface area contributed by atoms with Crippen molar-refractivity contribution >= 4 is 0 Å². The topological polar surface area (TPSA) is 9.23 Å². The molecule has 0 saturated carbocycles. The summed E-state index contributed by atoms with van der Waals surface area (Å²) in [6.45, 7) is 3.85. The lowest BCUT2D eigenvalue weighted by molar-refractivity contribution is 0.134. The van der Waals surface area contributed by atoms with Gasteiger partial charge in [0.25, 0.3) is 0 Å². The average Bonchev–Trinajstić information content (AvgIpc) is 2.53. The van der Waals surface area contributed by atoms with Gasteiger partial charge in [-0.3, -0.25) is 0 Å². The zero-order valence-electron chi connectivity index (χ0n) is 7.47. The second-order valence-electron chi connectivity index (χ2n) is 3.30. The highest BCUT2D eigenvalue weighted by Gasteiger charge is 2.13. The summed E-state index contributed by atoms with van der Waals surface area (Å²) < 4.78 is 5.40. The molecule has 0 fully saturated rings. The minimum atomic E-state index is 0.812. The van der Waals surface area contributed by atoms with Crippen LogP contribution in [0.15, 0.2) is 18.2 Å². The van der Waals surface area contributed by atoms with Crippen molar-refractivity contribution in [1.29, 1.82) is 0 Å². The number of hydrogen-bond donors (Lipinski definition) is 0. The fraction of sp³-hybridized carbons (Fsp3) is 0.455. The highest BCUT2D eigenvalue weighted by atomic mass is 16.5. The Morgan fingerprint density at radius 1 is 1.33 bits per heavy atom. The largest absolute Gasteiger partial charge is 0.372 e. The van der Waals surface area contributed by atoms with Crippen LogP contribution in [0.25, 0.3) is 0 Å². The van der Waals surface area contributed by atoms with Crippen molar-refractivity contribution in [2.24, 2.45) is 0 Å². The normalized spacial score (nSPS) is 14.8. The predicted octanol–water partition coefficient (Wildman–Crippen LogP) is 2.67. The van der Waals surface area contributed by atoms with Crippen LogP contribution in [0.1, 0.15) is 30.0 Å². The van der Waals surface area contributed by atoms with E-state index in [4.69, 9.17) is 4.74 Å². The molecule has 0 radical (unpaired) electrons. The van der Waals surface area contributed by atoms with Crippen molar-refractivity contribution in [1.82, 2.24) is 0 Å². The minimum Gasteiger partial charge on any atom is -0.372 e. The first-order valence-corrected chi connectivity index (χ1v) is 4.59. The Morgan fingerprint density at radius 2 is 2.25 bits per heavy atom. The molecule has 1 aromatic carbocycles. The van der Waals surface area contributed by atoms with E-state index in [0.717, 1.165) is 13.2 Å². The summed E-state index contributed by atoms with van der Waals surface area (Å²) >= 11 is 0. The Labute approximate surface area is 73.4 Å². The van der Waals surface area contributed by atoms with Gasteiger partial charge >= 0.3 is 0 Å². The Hall–Kier alpha value is -0.820. The molecule has 1 heterocycles. The van der Waals surface area contributed by atoms with Gasteiger partial charge in [-0.2, -0.15) is 0 Å². The van der Waals surface area contributed by atoms with Crippen molar-refractivity contribution in [3.05, 3.63) is 34.9 Å². The Bertz CT molecular complexity index is 278. The van der Waals surface area contributed by atoms with E-state index in [1.54, 1.807) is 0 Å². The van der Waals surface area contributed by atoms with Crippen molar-refractivity contribution in [2.45, 2.75) is 33.0 Å². The molecule has 0 unspecified atom stereocenters. The number of hydrogen-bond acceptors (Lipinski definition) is 1. The number of aryl methyl sites for hydroxylation is 1. The van der Waals surface area contributed by atoms with Gasteiger partial charge in [0.15, 0.2) is 0 Å². The average molecular weight is 162 g/mol. The fourth-order valence-electron chi connectivity index (χ4n) is 1.78. The van der Waals surface area contributed by atoms with E-state index in [1.807, 2.05) is 0 Å². The summed E-state index contributed by atoms with van der Waals surface area (Å²) in [5, 5.41) is 0. The number of fused-ring (bicyclic) bond motifs is 1. The van der Waals surface area contributed by atoms with Gasteiger partial charge in [-0.25, -0.2) is 0 Å². The first kappa shape index (κ1) is 7.81. The smallest absolute Gasteiger partial charge is 0.0727 e. The molecule has 1 aliphatic heterocycles. The van der Waals surface area contributed by atoms with E-state index in [2.05, 4.69) is 25.1 Å². The molecule has 1 aliphatic rings. The minimum absolute atomic E-state index is 0.812. The molecule has 64 valence electrons. The van der Waals surface area contributed by atoms with Crippen molar-refractivity contribution in [3.63, 3.8) is 0 Å². The molecule has 1 nitrogen and oxygen atoms in total. The van der Waals surface area contributed by atoms with E-state index >= 15 is 0 Å². The van der Waals surface area contributed by atoms with E-state index in [0.29, 0.717) is 0 Å². The van der Waals surface area contributed by atoms with Crippen LogP contribution in [0.2, 0.25) is 0 Å². The monoisotopic (exact) mass is 162 g/mol. The third-order valence-electron chi connectivity index (χ3n) is 2.39. The first-order valence-electron chi connectivity index (χ1n) is 4.59. The lowest BCUT2D eigenvalue weighted by Crippen LogP contribution is -1.91. The molecule has 0 amide bonds. The van der Waals surface area contributed by atoms with Gasteiger partial charge in [0, 0.05) is 0 Å². The molecule has 0 bridgehead atoms. The van der Waals surface area contributed by atoms with Crippen LogP contribution in [0, 0.1) is 0 Å². The maximum Gasteiger partial charge on any atom is 0.0727 e. The van der Waals surface area contributed by atoms with Crippen molar-refractivity contribution in [2.75, 3.05) is 0 Å². The molecule has 0 atom stereocenters. The van der Waals surface area contributed by atoms with Crippen molar-refractivity contribution < 1.29 is 4.74 Å². The summed E-state index contributed by atoms with van der Waals surface area (Å²) in [5.41, 5.74) is 4.31. The molecular formula is C11H14O. The van der Waals surface area contributed by atoms with Crippen LogP contribution < -0.4 is 0 Å². The highest BCUT2D eigenvalue weighted by molar-refractivity contribution is 5.36. The molecule has 0 N–H and O–H groups in total. The maximum absolute atomic E-state index is 5.40. The van der Waals surface area contributed by atoms with Crippen LogP contribution >= 0.6 is 0 Å². The van der Waals surface area contributed by atoms with Gasteiger partial charge in [-0.05, 0) is 23.1 Å². The second kappa shape index (κ2) is 3.28. The number of rotatable bonds is 2. The SMILES string of the molecule is CCCc1cccc2c1COC2. The quantitative estimate of drug-likeness (QED) is 0.649. The predicted molar refractivity (Wildman–Crippen MR) is 48.9 cm³/mol. The van der Waals surface area contributed by atoms with Gasteiger partial charge in [0.2, 0.25) is 0 Å². The summed E-state index contributed by atoms with van der Waals surface area (Å²) in [6, 6.07) is 6.52. The van der Waals surface area contributed by atoms with Gasteiger partial charge in [-0.15, -0.1) is 0 Å². The van der Waals surface area contributed by atoms with Crippen LogP contribution in [-0.2, 0) is 24.4 Å². The second-order valence-corrected chi connectivity index (χ2v) is 3.30. The Balaban J connectivity index is 2.36. The molecule has 0 spiro atoms. The van der Waals surface area contributed by atoms with Gasteiger partial charge in [0.05, 0.1) is 13.2 Å². The van der Waals surface area contributed by atoms with Gasteiger partial charge in [-0.1, -0.05) is 31.5 Å². The summed E-state index contributed by atoms with van der Waals surface area (Å²) in [7, 11) is 0. The van der Waals surface area contributed by atoms with E-state index in [9.17, 15) is 0 Å². The molecule has 1 heteroatoms. The fourth-order valence-corrected chi connectivity index (χ4v) is 1.78.